The van der Waals surface area contributed by atoms with Crippen LogP contribution in [0.4, 0.5) is 5.69 Å². The third-order valence-electron chi connectivity index (χ3n) is 2.53. The summed E-state index contributed by atoms with van der Waals surface area (Å²) in [6.45, 7) is 4.18. The molecule has 0 saturated heterocycles. The molecular weight excluding hydrogens is 362 g/mol. The highest BCUT2D eigenvalue weighted by molar-refractivity contribution is 9.11. The van der Waals surface area contributed by atoms with Gasteiger partial charge < -0.3 is 4.74 Å². The van der Waals surface area contributed by atoms with Gasteiger partial charge >= 0.3 is 0 Å². The molecule has 0 spiro atoms. The lowest BCUT2D eigenvalue weighted by Gasteiger charge is -2.11. The van der Waals surface area contributed by atoms with Crippen molar-refractivity contribution in [2.45, 2.75) is 18.1 Å². The number of anilines is 1. The molecule has 1 heterocycles. The average molecular weight is 376 g/mol. The third kappa shape index (κ3) is 3.34. The van der Waals surface area contributed by atoms with E-state index in [2.05, 4.69) is 20.7 Å². The maximum Gasteiger partial charge on any atom is 0.271 e. The first-order valence-electron chi connectivity index (χ1n) is 5.94. The molecule has 0 fully saturated rings. The number of hydrogen-bond donors (Lipinski definition) is 1. The highest BCUT2D eigenvalue weighted by atomic mass is 79.9. The molecule has 4 nitrogen and oxygen atoms in total. The van der Waals surface area contributed by atoms with E-state index in [-0.39, 0.29) is 4.21 Å². The average Bonchev–Trinajstić information content (AvgIpc) is 2.73. The lowest BCUT2D eigenvalue weighted by atomic mass is 10.3. The minimum atomic E-state index is -3.60. The summed E-state index contributed by atoms with van der Waals surface area (Å²) in [5, 5.41) is 0. The maximum absolute atomic E-state index is 12.3. The van der Waals surface area contributed by atoms with Crippen LogP contribution < -0.4 is 9.46 Å². The molecule has 0 aliphatic rings. The van der Waals surface area contributed by atoms with E-state index < -0.39 is 10.0 Å². The molecule has 20 heavy (non-hydrogen) atoms. The molecule has 0 aliphatic heterocycles. The lowest BCUT2D eigenvalue weighted by molar-refractivity contribution is 0.342. The predicted octanol–water partition coefficient (Wildman–Crippen LogP) is 4.02. The number of halogens is 1. The molecule has 1 N–H and O–H groups in total. The van der Waals surface area contributed by atoms with E-state index in [1.54, 1.807) is 30.3 Å². The van der Waals surface area contributed by atoms with Crippen LogP contribution in [0.15, 0.2) is 38.3 Å². The van der Waals surface area contributed by atoms with Crippen LogP contribution in [0, 0.1) is 6.92 Å². The Kier molecular flexibility index (Phi) is 4.72. The van der Waals surface area contributed by atoms with E-state index >= 15 is 0 Å². The van der Waals surface area contributed by atoms with Crippen molar-refractivity contribution in [1.29, 1.82) is 0 Å². The zero-order valence-corrected chi connectivity index (χ0v) is 14.2. The van der Waals surface area contributed by atoms with Crippen molar-refractivity contribution in [3.63, 3.8) is 0 Å². The van der Waals surface area contributed by atoms with Gasteiger partial charge in [-0.2, -0.15) is 0 Å². The van der Waals surface area contributed by atoms with Gasteiger partial charge in [0.1, 0.15) is 9.96 Å². The molecule has 2 rings (SSSR count). The molecule has 0 unspecified atom stereocenters. The number of hydrogen-bond acceptors (Lipinski definition) is 4. The molecule has 2 aromatic rings. The number of para-hydroxylation sites is 2. The molecule has 0 atom stereocenters. The Bertz CT molecular complexity index is 691. The van der Waals surface area contributed by atoms with Crippen LogP contribution in [0.25, 0.3) is 0 Å². The second kappa shape index (κ2) is 6.15. The molecule has 0 aliphatic carbocycles. The minimum Gasteiger partial charge on any atom is -0.492 e. The summed E-state index contributed by atoms with van der Waals surface area (Å²) in [6.07, 6.45) is 0. The molecule has 108 valence electrons. The van der Waals surface area contributed by atoms with Crippen LogP contribution in [-0.2, 0) is 10.0 Å². The van der Waals surface area contributed by atoms with E-state index in [1.807, 2.05) is 13.8 Å². The summed E-state index contributed by atoms with van der Waals surface area (Å²) in [5.41, 5.74) is 1.34. The summed E-state index contributed by atoms with van der Waals surface area (Å²) in [4.78, 5) is 0. The fourth-order valence-corrected chi connectivity index (χ4v) is 4.89. The van der Waals surface area contributed by atoms with Gasteiger partial charge in [-0.15, -0.1) is 11.3 Å². The van der Waals surface area contributed by atoms with Gasteiger partial charge in [0.2, 0.25) is 0 Å². The van der Waals surface area contributed by atoms with Gasteiger partial charge in [-0.05, 0) is 53.5 Å². The van der Waals surface area contributed by atoms with Crippen molar-refractivity contribution in [2.75, 3.05) is 11.3 Å². The Morgan fingerprint density at radius 2 is 2.05 bits per heavy atom. The molecule has 1 aromatic carbocycles. The summed E-state index contributed by atoms with van der Waals surface area (Å²) < 4.78 is 33.8. The molecule has 1 aromatic heterocycles. The quantitative estimate of drug-likeness (QED) is 0.858. The number of benzene rings is 1. The van der Waals surface area contributed by atoms with Crippen LogP contribution in [0.3, 0.4) is 0 Å². The first-order valence-corrected chi connectivity index (χ1v) is 9.04. The van der Waals surface area contributed by atoms with Crippen molar-refractivity contribution in [3.8, 4) is 5.75 Å². The van der Waals surface area contributed by atoms with Gasteiger partial charge in [-0.1, -0.05) is 12.1 Å². The van der Waals surface area contributed by atoms with E-state index in [0.717, 1.165) is 9.35 Å². The van der Waals surface area contributed by atoms with Crippen LogP contribution in [0.5, 0.6) is 5.75 Å². The number of thiophene rings is 1. The van der Waals surface area contributed by atoms with E-state index in [1.165, 1.54) is 11.3 Å². The third-order valence-corrected chi connectivity index (χ3v) is 6.51. The van der Waals surface area contributed by atoms with Crippen LogP contribution in [0.1, 0.15) is 12.5 Å². The van der Waals surface area contributed by atoms with Gasteiger partial charge in [0.15, 0.2) is 0 Å². The fourth-order valence-electron chi connectivity index (χ4n) is 1.59. The van der Waals surface area contributed by atoms with Crippen LogP contribution in [-0.4, -0.2) is 15.0 Å². The molecule has 0 amide bonds. The van der Waals surface area contributed by atoms with Crippen molar-refractivity contribution >= 4 is 43.0 Å². The number of ether oxygens (including phenoxy) is 1. The van der Waals surface area contributed by atoms with E-state index in [0.29, 0.717) is 18.0 Å². The summed E-state index contributed by atoms with van der Waals surface area (Å²) in [6, 6.07) is 8.61. The van der Waals surface area contributed by atoms with Gasteiger partial charge in [0, 0.05) is 0 Å². The van der Waals surface area contributed by atoms with Gasteiger partial charge in [0.05, 0.1) is 16.1 Å². The summed E-state index contributed by atoms with van der Waals surface area (Å²) >= 11 is 4.52. The SMILES string of the molecule is CCOc1ccccc1NS(=O)(=O)c1cc(C)c(Br)s1. The number of sulfonamides is 1. The minimum absolute atomic E-state index is 0.271. The van der Waals surface area contributed by atoms with Crippen LogP contribution in [0.2, 0.25) is 0 Å². The van der Waals surface area contributed by atoms with E-state index in [4.69, 9.17) is 4.74 Å². The van der Waals surface area contributed by atoms with E-state index in [9.17, 15) is 8.42 Å². The lowest BCUT2D eigenvalue weighted by Crippen LogP contribution is -2.12. The molecule has 0 saturated carbocycles. The predicted molar refractivity (Wildman–Crippen MR) is 85.2 cm³/mol. The summed E-state index contributed by atoms with van der Waals surface area (Å²) in [7, 11) is -3.60. The molecule has 0 bridgehead atoms. The Labute approximate surface area is 131 Å². The molecule has 0 radical (unpaired) electrons. The topological polar surface area (TPSA) is 55.4 Å². The van der Waals surface area contributed by atoms with Crippen molar-refractivity contribution in [2.24, 2.45) is 0 Å². The zero-order chi connectivity index (χ0) is 14.8. The second-order valence-corrected chi connectivity index (χ2v) is 8.34. The Morgan fingerprint density at radius 3 is 2.65 bits per heavy atom. The first-order chi connectivity index (χ1) is 9.44. The van der Waals surface area contributed by atoms with Gasteiger partial charge in [0.25, 0.3) is 10.0 Å². The monoisotopic (exact) mass is 375 g/mol. The molecule has 7 heteroatoms. The standard InChI is InChI=1S/C13H14BrNO3S2/c1-3-18-11-7-5-4-6-10(11)15-20(16,17)12-8-9(2)13(14)19-12/h4-8,15H,3H2,1-2H3. The fraction of sp³-hybridized carbons (Fsp3) is 0.231. The normalized spacial score (nSPS) is 11.3. The Hall–Kier alpha value is -1.05. The van der Waals surface area contributed by atoms with Crippen LogP contribution >= 0.6 is 27.3 Å². The number of aryl methyl sites for hydroxylation is 1. The highest BCUT2D eigenvalue weighted by Crippen LogP contribution is 2.33. The Morgan fingerprint density at radius 1 is 1.35 bits per heavy atom. The van der Waals surface area contributed by atoms with Gasteiger partial charge in [-0.25, -0.2) is 8.42 Å². The Balaban J connectivity index is 2.33. The maximum atomic E-state index is 12.3. The van der Waals surface area contributed by atoms with Gasteiger partial charge in [-0.3, -0.25) is 4.72 Å². The van der Waals surface area contributed by atoms with Crippen molar-refractivity contribution in [1.82, 2.24) is 0 Å². The zero-order valence-electron chi connectivity index (χ0n) is 11.0. The number of rotatable bonds is 5. The molecular formula is C13H14BrNO3S2. The summed E-state index contributed by atoms with van der Waals surface area (Å²) in [5.74, 6) is 0.519. The highest BCUT2D eigenvalue weighted by Gasteiger charge is 2.19. The smallest absolute Gasteiger partial charge is 0.271 e. The van der Waals surface area contributed by atoms with Crippen molar-refractivity contribution < 1.29 is 13.2 Å². The number of nitrogens with one attached hydrogen (secondary N) is 1. The first kappa shape index (κ1) is 15.3. The van der Waals surface area contributed by atoms with Crippen molar-refractivity contribution in [3.05, 3.63) is 39.7 Å². The second-order valence-electron chi connectivity index (χ2n) is 4.06. The largest absolute Gasteiger partial charge is 0.492 e.